The van der Waals surface area contributed by atoms with E-state index in [9.17, 15) is 13.2 Å². The Bertz CT molecular complexity index is 561. The van der Waals surface area contributed by atoms with Crippen LogP contribution in [0.4, 0.5) is 13.2 Å². The fourth-order valence-corrected chi connectivity index (χ4v) is 1.54. The van der Waals surface area contributed by atoms with E-state index in [4.69, 9.17) is 13.0 Å². The first-order chi connectivity index (χ1) is 7.72. The van der Waals surface area contributed by atoms with Crippen LogP contribution >= 0.6 is 11.3 Å². The summed E-state index contributed by atoms with van der Waals surface area (Å²) in [5, 5.41) is 3.29. The molecule has 0 radical (unpaired) electrons. The Labute approximate surface area is 98.5 Å². The van der Waals surface area contributed by atoms with Gasteiger partial charge in [0.15, 0.2) is 0 Å². The van der Waals surface area contributed by atoms with E-state index in [1.165, 1.54) is 5.39 Å². The van der Waals surface area contributed by atoms with Crippen LogP contribution in [0.15, 0.2) is 29.8 Å². The molecule has 0 saturated heterocycles. The molecular weight excluding hydrogens is 279 g/mol. The van der Waals surface area contributed by atoms with Crippen LogP contribution in [0.25, 0.3) is 10.2 Å². The highest BCUT2D eigenvalue weighted by Gasteiger charge is 2.44. The van der Waals surface area contributed by atoms with Crippen LogP contribution in [-0.2, 0) is 10.1 Å². The third kappa shape index (κ3) is 3.95. The number of nitrogens with zero attached hydrogens (tertiary/aromatic N) is 1. The molecular formula is C8H6F3NO3S2. The van der Waals surface area contributed by atoms with Crippen molar-refractivity contribution in [3.05, 3.63) is 29.8 Å². The molecule has 0 bridgehead atoms. The summed E-state index contributed by atoms with van der Waals surface area (Å²) >= 11 is 1.68. The smallest absolute Gasteiger partial charge is 0.279 e. The van der Waals surface area contributed by atoms with E-state index in [0.717, 1.165) is 4.83 Å². The van der Waals surface area contributed by atoms with Crippen molar-refractivity contribution in [2.45, 2.75) is 5.51 Å². The largest absolute Gasteiger partial charge is 0.522 e. The minimum absolute atomic E-state index is 1.12. The first-order valence-corrected chi connectivity index (χ1v) is 6.36. The maximum Gasteiger partial charge on any atom is 0.522 e. The van der Waals surface area contributed by atoms with Crippen LogP contribution < -0.4 is 0 Å². The van der Waals surface area contributed by atoms with Crippen LogP contribution in [-0.4, -0.2) is 23.5 Å². The van der Waals surface area contributed by atoms with Gasteiger partial charge in [-0.2, -0.15) is 21.6 Å². The summed E-state index contributed by atoms with van der Waals surface area (Å²) in [7, 11) is -5.84. The Morgan fingerprint density at radius 3 is 2.35 bits per heavy atom. The Balaban J connectivity index is 0.000000172. The van der Waals surface area contributed by atoms with Crippen molar-refractivity contribution in [1.82, 2.24) is 4.98 Å². The minimum atomic E-state index is -5.84. The van der Waals surface area contributed by atoms with E-state index in [1.54, 1.807) is 11.3 Å². The summed E-state index contributed by atoms with van der Waals surface area (Å²) in [6, 6.07) is 6.10. The highest BCUT2D eigenvalue weighted by atomic mass is 32.2. The van der Waals surface area contributed by atoms with Crippen molar-refractivity contribution in [2.75, 3.05) is 0 Å². The number of fused-ring (bicyclic) bond motifs is 1. The predicted octanol–water partition coefficient (Wildman–Crippen LogP) is 2.69. The normalized spacial score (nSPS) is 12.0. The van der Waals surface area contributed by atoms with Gasteiger partial charge in [-0.25, -0.2) is 4.98 Å². The highest BCUT2D eigenvalue weighted by Crippen LogP contribution is 2.20. The first kappa shape index (κ1) is 13.9. The van der Waals surface area contributed by atoms with Crippen LogP contribution in [0.5, 0.6) is 0 Å². The van der Waals surface area contributed by atoms with Gasteiger partial charge < -0.3 is 0 Å². The summed E-state index contributed by atoms with van der Waals surface area (Å²) in [5.74, 6) is 0. The molecule has 0 fully saturated rings. The maximum atomic E-state index is 10.7. The topological polar surface area (TPSA) is 67.3 Å². The molecule has 0 amide bonds. The number of aromatic nitrogens is 1. The van der Waals surface area contributed by atoms with E-state index in [1.807, 2.05) is 12.3 Å². The number of pyridine rings is 1. The van der Waals surface area contributed by atoms with Crippen molar-refractivity contribution in [1.29, 1.82) is 0 Å². The predicted molar refractivity (Wildman–Crippen MR) is 57.2 cm³/mol. The Kier molecular flexibility index (Phi) is 4.07. The van der Waals surface area contributed by atoms with Gasteiger partial charge in [0.05, 0.1) is 0 Å². The molecule has 1 N–H and O–H groups in total. The lowest BCUT2D eigenvalue weighted by Gasteiger charge is -1.97. The SMILES string of the molecule is O=S(=O)(O)C(F)(F)F.c1cnc2sccc2c1. The van der Waals surface area contributed by atoms with Crippen LogP contribution in [0.3, 0.4) is 0 Å². The molecule has 4 nitrogen and oxygen atoms in total. The third-order valence-corrected chi connectivity index (χ3v) is 2.94. The summed E-state index contributed by atoms with van der Waals surface area (Å²) in [4.78, 5) is 5.28. The van der Waals surface area contributed by atoms with Gasteiger partial charge in [-0.15, -0.1) is 11.3 Å². The van der Waals surface area contributed by atoms with Crippen molar-refractivity contribution in [3.63, 3.8) is 0 Å². The summed E-state index contributed by atoms with van der Waals surface area (Å²) in [5.41, 5.74) is -5.53. The van der Waals surface area contributed by atoms with Crippen LogP contribution in [0, 0.1) is 0 Å². The lowest BCUT2D eigenvalue weighted by Crippen LogP contribution is -2.21. The summed E-state index contributed by atoms with van der Waals surface area (Å²) in [6.07, 6.45) is 1.82. The van der Waals surface area contributed by atoms with E-state index < -0.39 is 15.6 Å². The molecule has 0 aliphatic heterocycles. The number of hydrogen-bond acceptors (Lipinski definition) is 4. The molecule has 94 valence electrons. The second kappa shape index (κ2) is 4.98. The average Bonchev–Trinajstić information content (AvgIpc) is 2.62. The standard InChI is InChI=1S/C7H5NS.CHF3O3S/c1-2-6-3-5-9-7(6)8-4-1;2-1(3,4)8(5,6)7/h1-5H;(H,5,6,7). The molecule has 17 heavy (non-hydrogen) atoms. The van der Waals surface area contributed by atoms with Crippen LogP contribution in [0.1, 0.15) is 0 Å². The van der Waals surface area contributed by atoms with Gasteiger partial charge >= 0.3 is 15.6 Å². The molecule has 2 rings (SSSR count). The van der Waals surface area contributed by atoms with Gasteiger partial charge in [-0.1, -0.05) is 6.07 Å². The van der Waals surface area contributed by atoms with Gasteiger partial charge in [-0.05, 0) is 17.5 Å². The molecule has 2 aromatic rings. The van der Waals surface area contributed by atoms with Crippen molar-refractivity contribution in [2.24, 2.45) is 0 Å². The van der Waals surface area contributed by atoms with Crippen molar-refractivity contribution >= 4 is 31.7 Å². The quantitative estimate of drug-likeness (QED) is 0.597. The second-order valence-corrected chi connectivity index (χ2v) is 5.05. The average molecular weight is 285 g/mol. The Morgan fingerprint density at radius 2 is 1.88 bits per heavy atom. The number of hydrogen-bond donors (Lipinski definition) is 1. The molecule has 0 atom stereocenters. The molecule has 2 aromatic heterocycles. The fraction of sp³-hybridized carbons (Fsp3) is 0.125. The van der Waals surface area contributed by atoms with Gasteiger partial charge in [-0.3, -0.25) is 4.55 Å². The number of rotatable bonds is 0. The van der Waals surface area contributed by atoms with E-state index in [2.05, 4.69) is 22.5 Å². The summed E-state index contributed by atoms with van der Waals surface area (Å²) in [6.45, 7) is 0. The van der Waals surface area contributed by atoms with Crippen molar-refractivity contribution in [3.8, 4) is 0 Å². The molecule has 9 heteroatoms. The van der Waals surface area contributed by atoms with Crippen LogP contribution in [0.2, 0.25) is 0 Å². The Morgan fingerprint density at radius 1 is 1.29 bits per heavy atom. The van der Waals surface area contributed by atoms with Crippen molar-refractivity contribution < 1.29 is 26.1 Å². The molecule has 0 aliphatic rings. The van der Waals surface area contributed by atoms with Gasteiger partial charge in [0.1, 0.15) is 4.83 Å². The van der Waals surface area contributed by atoms with E-state index in [-0.39, 0.29) is 0 Å². The third-order valence-electron chi connectivity index (χ3n) is 1.52. The minimum Gasteiger partial charge on any atom is -0.279 e. The van der Waals surface area contributed by atoms with Gasteiger partial charge in [0.2, 0.25) is 0 Å². The zero-order valence-corrected chi connectivity index (χ0v) is 9.68. The number of thiophene rings is 1. The number of alkyl halides is 3. The zero-order valence-electron chi connectivity index (χ0n) is 8.05. The molecule has 0 spiro atoms. The molecule has 0 unspecified atom stereocenters. The number of halogens is 3. The molecule has 0 aliphatic carbocycles. The second-order valence-electron chi connectivity index (χ2n) is 2.74. The zero-order chi connectivity index (χ0) is 13.1. The fourth-order valence-electron chi connectivity index (χ4n) is 0.800. The molecule has 0 aromatic carbocycles. The van der Waals surface area contributed by atoms with Gasteiger partial charge in [0, 0.05) is 11.6 Å². The Hall–Kier alpha value is -1.19. The summed E-state index contributed by atoms with van der Waals surface area (Å²) < 4.78 is 57.5. The monoisotopic (exact) mass is 285 g/mol. The highest BCUT2D eigenvalue weighted by molar-refractivity contribution is 7.86. The molecule has 2 heterocycles. The first-order valence-electron chi connectivity index (χ1n) is 4.04. The lowest BCUT2D eigenvalue weighted by molar-refractivity contribution is -0.0510. The van der Waals surface area contributed by atoms with Gasteiger partial charge in [0.25, 0.3) is 0 Å². The van der Waals surface area contributed by atoms with E-state index >= 15 is 0 Å². The molecule has 0 saturated carbocycles. The maximum absolute atomic E-state index is 10.7. The van der Waals surface area contributed by atoms with E-state index in [0.29, 0.717) is 0 Å². The lowest BCUT2D eigenvalue weighted by atomic mass is 10.4.